The third kappa shape index (κ3) is 3.60. The third-order valence-corrected chi connectivity index (χ3v) is 2.62. The van der Waals surface area contributed by atoms with E-state index in [0.29, 0.717) is 24.4 Å². The van der Waals surface area contributed by atoms with Gasteiger partial charge in [-0.1, -0.05) is 5.16 Å². The van der Waals surface area contributed by atoms with Gasteiger partial charge in [0.05, 0.1) is 23.8 Å². The van der Waals surface area contributed by atoms with Crippen LogP contribution in [-0.4, -0.2) is 21.7 Å². The first-order valence-corrected chi connectivity index (χ1v) is 5.69. The lowest BCUT2D eigenvalue weighted by atomic mass is 10.1. The van der Waals surface area contributed by atoms with Crippen LogP contribution in [0.15, 0.2) is 41.1 Å². The fourth-order valence-corrected chi connectivity index (χ4v) is 1.60. The Bertz CT molecular complexity index is 524. The van der Waals surface area contributed by atoms with Gasteiger partial charge in [0.1, 0.15) is 5.76 Å². The van der Waals surface area contributed by atoms with Crippen LogP contribution in [0.4, 0.5) is 5.69 Å². The molecule has 1 aromatic carbocycles. The summed E-state index contributed by atoms with van der Waals surface area (Å²) in [7, 11) is 0. The molecule has 1 unspecified atom stereocenters. The highest BCUT2D eigenvalue weighted by molar-refractivity contribution is 5.33. The number of aromatic nitrogens is 1. The molecule has 2 N–H and O–H groups in total. The second-order valence-electron chi connectivity index (χ2n) is 3.97. The van der Waals surface area contributed by atoms with Crippen molar-refractivity contribution in [3.05, 3.63) is 58.0 Å². The molecule has 0 aliphatic rings. The fraction of sp³-hybridized carbons (Fsp3) is 0.250. The molecular formula is C12H13N3O4. The van der Waals surface area contributed by atoms with Crippen molar-refractivity contribution in [1.82, 2.24) is 10.5 Å². The monoisotopic (exact) mass is 263 g/mol. The molecule has 0 saturated heterocycles. The summed E-state index contributed by atoms with van der Waals surface area (Å²) in [5.41, 5.74) is 0.626. The van der Waals surface area contributed by atoms with Crippen LogP contribution in [0.1, 0.15) is 17.4 Å². The van der Waals surface area contributed by atoms with Gasteiger partial charge in [0.15, 0.2) is 0 Å². The molecule has 7 heteroatoms. The molecule has 0 bridgehead atoms. The maximum Gasteiger partial charge on any atom is 0.269 e. The smallest absolute Gasteiger partial charge is 0.269 e. The van der Waals surface area contributed by atoms with Crippen molar-refractivity contribution in [3.63, 3.8) is 0 Å². The Morgan fingerprint density at radius 2 is 2.11 bits per heavy atom. The first-order chi connectivity index (χ1) is 9.16. The summed E-state index contributed by atoms with van der Waals surface area (Å²) < 4.78 is 4.89. The SMILES string of the molecule is O=[N+]([O-])c1ccc(C(O)CNCc2ccno2)cc1. The molecule has 0 radical (unpaired) electrons. The highest BCUT2D eigenvalue weighted by Gasteiger charge is 2.10. The van der Waals surface area contributed by atoms with Crippen LogP contribution in [0.5, 0.6) is 0 Å². The molecule has 0 saturated carbocycles. The van der Waals surface area contributed by atoms with Crippen molar-refractivity contribution < 1.29 is 14.6 Å². The number of rotatable bonds is 6. The predicted molar refractivity (Wildman–Crippen MR) is 66.3 cm³/mol. The van der Waals surface area contributed by atoms with Gasteiger partial charge in [-0.15, -0.1) is 0 Å². The van der Waals surface area contributed by atoms with Crippen molar-refractivity contribution in [2.75, 3.05) is 6.54 Å². The Balaban J connectivity index is 1.85. The fourth-order valence-electron chi connectivity index (χ4n) is 1.60. The van der Waals surface area contributed by atoms with Crippen LogP contribution in [0.3, 0.4) is 0 Å². The zero-order valence-corrected chi connectivity index (χ0v) is 10.0. The van der Waals surface area contributed by atoms with E-state index in [9.17, 15) is 15.2 Å². The summed E-state index contributed by atoms with van der Waals surface area (Å²) >= 11 is 0. The molecule has 0 amide bonds. The summed E-state index contributed by atoms with van der Waals surface area (Å²) in [6.45, 7) is 0.780. The van der Waals surface area contributed by atoms with Gasteiger partial charge >= 0.3 is 0 Å². The van der Waals surface area contributed by atoms with E-state index < -0.39 is 11.0 Å². The van der Waals surface area contributed by atoms with Crippen molar-refractivity contribution in [3.8, 4) is 0 Å². The largest absolute Gasteiger partial charge is 0.387 e. The number of nitro benzene ring substituents is 1. The van der Waals surface area contributed by atoms with Gasteiger partial charge in [-0.05, 0) is 17.7 Å². The molecule has 1 atom stereocenters. The third-order valence-electron chi connectivity index (χ3n) is 2.62. The normalized spacial score (nSPS) is 12.3. The van der Waals surface area contributed by atoms with E-state index in [2.05, 4.69) is 10.5 Å². The summed E-state index contributed by atoms with van der Waals surface area (Å²) in [6.07, 6.45) is 0.813. The maximum absolute atomic E-state index is 10.5. The quantitative estimate of drug-likeness (QED) is 0.603. The van der Waals surface area contributed by atoms with E-state index in [1.807, 2.05) is 0 Å². The van der Waals surface area contributed by atoms with Gasteiger partial charge in [-0.3, -0.25) is 10.1 Å². The predicted octanol–water partition coefficient (Wildman–Crippen LogP) is 1.41. The number of hydrogen-bond acceptors (Lipinski definition) is 6. The van der Waals surface area contributed by atoms with Crippen molar-refractivity contribution in [1.29, 1.82) is 0 Å². The maximum atomic E-state index is 10.5. The minimum absolute atomic E-state index is 0.00516. The van der Waals surface area contributed by atoms with E-state index in [1.54, 1.807) is 24.4 Å². The van der Waals surface area contributed by atoms with Gasteiger partial charge in [0.2, 0.25) is 0 Å². The minimum Gasteiger partial charge on any atom is -0.387 e. The Kier molecular flexibility index (Phi) is 4.22. The molecule has 1 heterocycles. The summed E-state index contributed by atoms with van der Waals surface area (Å²) in [5.74, 6) is 0.677. The van der Waals surface area contributed by atoms with E-state index in [-0.39, 0.29) is 5.69 Å². The van der Waals surface area contributed by atoms with E-state index in [4.69, 9.17) is 4.52 Å². The number of aliphatic hydroxyl groups excluding tert-OH is 1. The summed E-state index contributed by atoms with van der Waals surface area (Å²) in [6, 6.07) is 7.55. The second kappa shape index (κ2) is 6.07. The standard InChI is InChI=1S/C12H13N3O4/c16-12(8-13-7-11-5-6-14-19-11)9-1-3-10(4-2-9)15(17)18/h1-6,12-13,16H,7-8H2. The van der Waals surface area contributed by atoms with Crippen LogP contribution >= 0.6 is 0 Å². The number of non-ortho nitro benzene ring substituents is 1. The lowest BCUT2D eigenvalue weighted by Crippen LogP contribution is -2.20. The van der Waals surface area contributed by atoms with Gasteiger partial charge in [-0.25, -0.2) is 0 Å². The molecule has 0 spiro atoms. The lowest BCUT2D eigenvalue weighted by Gasteiger charge is -2.11. The average Bonchev–Trinajstić information content (AvgIpc) is 2.92. The van der Waals surface area contributed by atoms with Crippen LogP contribution in [0.2, 0.25) is 0 Å². The Hall–Kier alpha value is -2.25. The van der Waals surface area contributed by atoms with Crippen LogP contribution in [-0.2, 0) is 6.54 Å². The van der Waals surface area contributed by atoms with Gasteiger partial charge in [-0.2, -0.15) is 0 Å². The molecule has 100 valence electrons. The first kappa shape index (κ1) is 13.2. The molecule has 2 aromatic rings. The Labute approximate surface area is 109 Å². The van der Waals surface area contributed by atoms with Crippen LogP contribution in [0, 0.1) is 10.1 Å². The number of benzene rings is 1. The molecule has 2 rings (SSSR count). The van der Waals surface area contributed by atoms with Gasteiger partial charge in [0.25, 0.3) is 5.69 Å². The van der Waals surface area contributed by atoms with Crippen molar-refractivity contribution >= 4 is 5.69 Å². The number of hydrogen-bond donors (Lipinski definition) is 2. The molecule has 0 aliphatic carbocycles. The van der Waals surface area contributed by atoms with Gasteiger partial charge < -0.3 is 14.9 Å². The Morgan fingerprint density at radius 1 is 1.37 bits per heavy atom. The zero-order chi connectivity index (χ0) is 13.7. The molecule has 1 aromatic heterocycles. The minimum atomic E-state index is -0.733. The topological polar surface area (TPSA) is 101 Å². The van der Waals surface area contributed by atoms with Crippen LogP contribution < -0.4 is 5.32 Å². The number of aliphatic hydroxyl groups is 1. The number of nitro groups is 1. The van der Waals surface area contributed by atoms with Gasteiger partial charge in [0, 0.05) is 24.7 Å². The van der Waals surface area contributed by atoms with E-state index in [0.717, 1.165) is 0 Å². The summed E-state index contributed by atoms with van der Waals surface area (Å²) in [5, 5.41) is 27.0. The molecule has 7 nitrogen and oxygen atoms in total. The molecule has 0 aliphatic heterocycles. The molecular weight excluding hydrogens is 250 g/mol. The average molecular weight is 263 g/mol. The highest BCUT2D eigenvalue weighted by atomic mass is 16.6. The van der Waals surface area contributed by atoms with Crippen LogP contribution in [0.25, 0.3) is 0 Å². The number of nitrogens with one attached hydrogen (secondary N) is 1. The van der Waals surface area contributed by atoms with Crippen molar-refractivity contribution in [2.45, 2.75) is 12.6 Å². The number of nitrogens with zero attached hydrogens (tertiary/aromatic N) is 2. The summed E-state index contributed by atoms with van der Waals surface area (Å²) in [4.78, 5) is 10.0. The van der Waals surface area contributed by atoms with E-state index in [1.165, 1.54) is 12.1 Å². The second-order valence-corrected chi connectivity index (χ2v) is 3.97. The molecule has 19 heavy (non-hydrogen) atoms. The lowest BCUT2D eigenvalue weighted by molar-refractivity contribution is -0.384. The van der Waals surface area contributed by atoms with E-state index >= 15 is 0 Å². The highest BCUT2D eigenvalue weighted by Crippen LogP contribution is 2.17. The first-order valence-electron chi connectivity index (χ1n) is 5.69. The zero-order valence-electron chi connectivity index (χ0n) is 10.0. The Morgan fingerprint density at radius 3 is 2.68 bits per heavy atom. The van der Waals surface area contributed by atoms with Crippen molar-refractivity contribution in [2.24, 2.45) is 0 Å². The molecule has 0 fully saturated rings.